The Balaban J connectivity index is 0.732. The van der Waals surface area contributed by atoms with E-state index in [1.54, 1.807) is 0 Å². The van der Waals surface area contributed by atoms with Gasteiger partial charge in [-0.3, -0.25) is 9.13 Å². The molecule has 0 bridgehead atoms. The Bertz CT molecular complexity index is 8000. The lowest BCUT2D eigenvalue weighted by Crippen LogP contribution is -2.08. The smallest absolute Gasteiger partial charge is 0.237 e. The van der Waals surface area contributed by atoms with E-state index in [9.17, 15) is 0 Å². The minimum Gasteiger partial charge on any atom is -0.309 e. The molecule has 26 aromatic rings. The molecule has 126 heavy (non-hydrogen) atoms. The second kappa shape index (κ2) is 28.3. The van der Waals surface area contributed by atoms with Gasteiger partial charge in [0.1, 0.15) is 5.82 Å². The topological polar surface area (TPSA) is 55.4 Å². The summed E-state index contributed by atoms with van der Waals surface area (Å²) in [4.78, 5) is 12.2. The normalized spacial score (nSPS) is 12.0. The van der Waals surface area contributed by atoms with Gasteiger partial charge in [-0.25, -0.2) is 4.98 Å². The molecule has 0 aliphatic heterocycles. The predicted molar refractivity (Wildman–Crippen MR) is 526 cm³/mol. The van der Waals surface area contributed by atoms with E-state index in [4.69, 9.17) is 9.97 Å². The van der Waals surface area contributed by atoms with Crippen LogP contribution >= 0.6 is 0 Å². The van der Waals surface area contributed by atoms with Crippen molar-refractivity contribution in [3.63, 3.8) is 0 Å². The van der Waals surface area contributed by atoms with Crippen molar-refractivity contribution >= 4 is 131 Å². The van der Waals surface area contributed by atoms with E-state index in [-0.39, 0.29) is 0 Å². The molecule has 7 aromatic heterocycles. The van der Waals surface area contributed by atoms with E-state index >= 15 is 0 Å². The van der Waals surface area contributed by atoms with Gasteiger partial charge in [0, 0.05) is 99.0 Å². The fourth-order valence-electron chi connectivity index (χ4n) is 20.6. The van der Waals surface area contributed by atoms with Gasteiger partial charge in [-0.1, -0.05) is 273 Å². The SMILES string of the molecule is c1ccc(-c2cccc(-c3ccccc3)c2-c2cc(-n3c4ccc(-c5ccc6c(c5)c5ccccc5n6-c5ccccc5)cc4c4cc(-c5ccc6c(c5)c5ccccc5n6-c5ccccc5)ccc43)nc(-n3c4ccc(-c5ccc6c(c5)c5ccccc5n6-c5ccccc5)cc4c4cc(-c5ccc6c(c5)c5ccccc5n6-c5ccccc5)ccc43)n2)cc1. The highest BCUT2D eigenvalue weighted by Gasteiger charge is 2.27. The van der Waals surface area contributed by atoms with Gasteiger partial charge < -0.3 is 18.3 Å². The second-order valence-corrected chi connectivity index (χ2v) is 33.2. The molecule has 26 rings (SSSR count). The summed E-state index contributed by atoms with van der Waals surface area (Å²) in [5.41, 5.74) is 32.7. The van der Waals surface area contributed by atoms with Gasteiger partial charge in [0.2, 0.25) is 5.95 Å². The number of hydrogen-bond donors (Lipinski definition) is 0. The van der Waals surface area contributed by atoms with Gasteiger partial charge in [0.25, 0.3) is 0 Å². The summed E-state index contributed by atoms with van der Waals surface area (Å²) in [6, 6.07) is 165. The van der Waals surface area contributed by atoms with Crippen molar-refractivity contribution in [3.05, 3.63) is 449 Å². The fraction of sp³-hybridized carbons (Fsp3) is 0. The van der Waals surface area contributed by atoms with Crippen LogP contribution in [-0.4, -0.2) is 37.4 Å². The summed E-state index contributed by atoms with van der Waals surface area (Å²) in [6.07, 6.45) is 0. The minimum absolute atomic E-state index is 0.532. The molecule has 0 radical (unpaired) electrons. The van der Waals surface area contributed by atoms with E-state index in [1.165, 1.54) is 65.2 Å². The first kappa shape index (κ1) is 70.9. The zero-order valence-electron chi connectivity index (χ0n) is 68.3. The minimum atomic E-state index is 0.532. The highest BCUT2D eigenvalue weighted by atomic mass is 15.2. The summed E-state index contributed by atoms with van der Waals surface area (Å²) < 4.78 is 14.3. The monoisotopic (exact) mass is 1600 g/mol. The Morgan fingerprint density at radius 3 is 0.643 bits per heavy atom. The summed E-state index contributed by atoms with van der Waals surface area (Å²) in [7, 11) is 0. The maximum absolute atomic E-state index is 6.14. The Labute approximate surface area is 724 Å². The molecule has 0 atom stereocenters. The fourth-order valence-corrected chi connectivity index (χ4v) is 20.6. The van der Waals surface area contributed by atoms with Gasteiger partial charge in [0.15, 0.2) is 0 Å². The zero-order chi connectivity index (χ0) is 82.6. The van der Waals surface area contributed by atoms with Crippen molar-refractivity contribution in [1.29, 1.82) is 0 Å². The van der Waals surface area contributed by atoms with Crippen LogP contribution in [0.15, 0.2) is 449 Å². The summed E-state index contributed by atoms with van der Waals surface area (Å²) in [5.74, 6) is 1.25. The van der Waals surface area contributed by atoms with Crippen LogP contribution in [0.3, 0.4) is 0 Å². The molecule has 7 heterocycles. The van der Waals surface area contributed by atoms with Crippen molar-refractivity contribution in [1.82, 2.24) is 37.4 Å². The van der Waals surface area contributed by atoms with Crippen LogP contribution in [0.4, 0.5) is 0 Å². The predicted octanol–water partition coefficient (Wildman–Crippen LogP) is 30.7. The number of rotatable bonds is 13. The molecule has 0 unspecified atom stereocenters. The van der Waals surface area contributed by atoms with Crippen molar-refractivity contribution in [3.8, 4) is 113 Å². The van der Waals surface area contributed by atoms with Crippen molar-refractivity contribution in [2.45, 2.75) is 0 Å². The van der Waals surface area contributed by atoms with E-state index in [0.29, 0.717) is 5.95 Å². The summed E-state index contributed by atoms with van der Waals surface area (Å²) in [6.45, 7) is 0. The standard InChI is InChI=1S/C118H74N8/c1-7-28-75(29-8-1)89-44-27-45-90(76-30-9-2-10-31-76)117(89)103-74-116(125-112-62-54-81(77-50-58-108-95(66-77)91-40-19-23-46-104(91)121(108)85-32-11-3-12-33-85)70-99(112)100-71-82(55-63-113(100)125)78-51-59-109-96(67-78)92-41-20-24-47-105(92)122(109)86-34-13-4-14-35-86)120-118(119-103)126-114-64-56-83(79-52-60-110-97(68-79)93-42-21-25-48-106(93)123(110)87-36-15-5-16-37-87)72-101(114)102-73-84(57-65-115(102)126)80-53-61-111-98(69-80)94-43-22-26-49-107(94)124(111)88-38-17-6-18-39-88/h1-74H. The van der Waals surface area contributed by atoms with Crippen LogP contribution in [0.25, 0.3) is 243 Å². The number of aromatic nitrogens is 8. The van der Waals surface area contributed by atoms with Crippen LogP contribution in [-0.2, 0) is 0 Å². The van der Waals surface area contributed by atoms with Gasteiger partial charge in [-0.2, -0.15) is 4.98 Å². The van der Waals surface area contributed by atoms with Gasteiger partial charge in [-0.15, -0.1) is 0 Å². The van der Waals surface area contributed by atoms with Crippen LogP contribution in [0, 0.1) is 0 Å². The number of benzene rings is 19. The van der Waals surface area contributed by atoms with Gasteiger partial charge in [0.05, 0.1) is 71.9 Å². The van der Waals surface area contributed by atoms with Crippen LogP contribution in [0.1, 0.15) is 0 Å². The molecule has 0 aliphatic rings. The average Bonchev–Trinajstić information content (AvgIpc) is 1.54. The molecule has 0 spiro atoms. The van der Waals surface area contributed by atoms with Crippen LogP contribution in [0.2, 0.25) is 0 Å². The van der Waals surface area contributed by atoms with E-state index in [2.05, 4.69) is 476 Å². The van der Waals surface area contributed by atoms with Crippen molar-refractivity contribution in [2.75, 3.05) is 0 Å². The van der Waals surface area contributed by atoms with Crippen LogP contribution in [0.5, 0.6) is 0 Å². The molecular weight excluding hydrogens is 1530 g/mol. The Morgan fingerprint density at radius 1 is 0.143 bits per heavy atom. The number of hydrogen-bond acceptors (Lipinski definition) is 2. The second-order valence-electron chi connectivity index (χ2n) is 33.2. The molecule has 0 aliphatic carbocycles. The van der Waals surface area contributed by atoms with E-state index < -0.39 is 0 Å². The number of para-hydroxylation sites is 8. The molecule has 8 nitrogen and oxygen atoms in total. The molecule has 0 saturated heterocycles. The first-order valence-corrected chi connectivity index (χ1v) is 43.2. The maximum atomic E-state index is 6.14. The third-order valence-electron chi connectivity index (χ3n) is 26.2. The summed E-state index contributed by atoms with van der Waals surface area (Å²) >= 11 is 0. The first-order valence-electron chi connectivity index (χ1n) is 43.2. The Hall–Kier alpha value is -16.9. The average molecular weight is 1600 g/mol. The molecule has 586 valence electrons. The lowest BCUT2D eigenvalue weighted by atomic mass is 9.90. The molecule has 8 heteroatoms. The highest BCUT2D eigenvalue weighted by Crippen LogP contribution is 2.48. The number of fused-ring (bicyclic) bond motifs is 18. The largest absolute Gasteiger partial charge is 0.309 e. The molecule has 0 amide bonds. The zero-order valence-corrected chi connectivity index (χ0v) is 68.3. The Kier molecular flexibility index (Phi) is 15.9. The van der Waals surface area contributed by atoms with Crippen molar-refractivity contribution < 1.29 is 0 Å². The quantitative estimate of drug-likeness (QED) is 0.116. The van der Waals surface area contributed by atoms with Crippen molar-refractivity contribution in [2.24, 2.45) is 0 Å². The Morgan fingerprint density at radius 2 is 0.365 bits per heavy atom. The lowest BCUT2D eigenvalue weighted by Gasteiger charge is -2.18. The first-order chi connectivity index (χ1) is 62.5. The molecule has 0 fully saturated rings. The van der Waals surface area contributed by atoms with E-state index in [0.717, 1.165) is 172 Å². The lowest BCUT2D eigenvalue weighted by molar-refractivity contribution is 0.952. The molecular formula is C118H74N8. The third kappa shape index (κ3) is 11.1. The maximum Gasteiger partial charge on any atom is 0.237 e. The molecule has 19 aromatic carbocycles. The third-order valence-corrected chi connectivity index (χ3v) is 26.2. The molecule has 0 N–H and O–H groups in total. The van der Waals surface area contributed by atoms with Crippen LogP contribution < -0.4 is 0 Å². The highest BCUT2D eigenvalue weighted by molar-refractivity contribution is 6.18. The van der Waals surface area contributed by atoms with E-state index in [1.807, 2.05) is 0 Å². The molecule has 0 saturated carbocycles. The van der Waals surface area contributed by atoms with Gasteiger partial charge in [-0.05, 0) is 237 Å². The number of nitrogens with zero attached hydrogens (tertiary/aromatic N) is 8. The summed E-state index contributed by atoms with van der Waals surface area (Å²) in [5, 5.41) is 13.9. The van der Waals surface area contributed by atoms with Gasteiger partial charge >= 0.3 is 0 Å².